The van der Waals surface area contributed by atoms with Gasteiger partial charge in [-0.05, 0) is 57.9 Å². The van der Waals surface area contributed by atoms with Gasteiger partial charge in [0.15, 0.2) is 6.61 Å². The fourth-order valence-corrected chi connectivity index (χ4v) is 3.11. The maximum atomic E-state index is 12.4. The van der Waals surface area contributed by atoms with Crippen LogP contribution in [0.15, 0.2) is 30.3 Å². The molecular formula is C20H26N2O4. The monoisotopic (exact) mass is 358 g/mol. The Labute approximate surface area is 153 Å². The van der Waals surface area contributed by atoms with Crippen molar-refractivity contribution in [3.8, 4) is 5.75 Å². The van der Waals surface area contributed by atoms with E-state index in [0.29, 0.717) is 30.3 Å². The number of carboxylic acid groups (broad SMARTS) is 1. The van der Waals surface area contributed by atoms with Gasteiger partial charge in [-0.25, -0.2) is 4.79 Å². The zero-order valence-corrected chi connectivity index (χ0v) is 15.7. The lowest BCUT2D eigenvalue weighted by Crippen LogP contribution is -2.26. The van der Waals surface area contributed by atoms with Crippen LogP contribution in [0.2, 0.25) is 0 Å². The highest BCUT2D eigenvalue weighted by Crippen LogP contribution is 2.20. The van der Waals surface area contributed by atoms with Crippen LogP contribution < -0.4 is 10.1 Å². The molecule has 0 saturated carbocycles. The number of aliphatic carboxylic acids is 1. The smallest absolute Gasteiger partial charge is 0.341 e. The third-order valence-corrected chi connectivity index (χ3v) is 4.23. The Kier molecular flexibility index (Phi) is 6.44. The number of hydrogen-bond acceptors (Lipinski definition) is 3. The van der Waals surface area contributed by atoms with Crippen LogP contribution in [0.4, 0.5) is 0 Å². The van der Waals surface area contributed by atoms with Crippen LogP contribution in [0.3, 0.4) is 0 Å². The minimum atomic E-state index is -1.01. The SMILES string of the molecule is Cc1cc(C(=O)NCCc2ccc(OCC(=O)O)cc2)c(C)n1C(C)C. The first-order valence-electron chi connectivity index (χ1n) is 8.69. The number of ether oxygens (including phenoxy) is 1. The van der Waals surface area contributed by atoms with Gasteiger partial charge in [-0.1, -0.05) is 12.1 Å². The van der Waals surface area contributed by atoms with E-state index in [0.717, 1.165) is 17.0 Å². The van der Waals surface area contributed by atoms with Gasteiger partial charge in [0, 0.05) is 24.0 Å². The zero-order valence-electron chi connectivity index (χ0n) is 15.7. The molecule has 1 heterocycles. The lowest BCUT2D eigenvalue weighted by atomic mass is 10.1. The number of hydrogen-bond donors (Lipinski definition) is 2. The summed E-state index contributed by atoms with van der Waals surface area (Å²) in [5.41, 5.74) is 3.82. The number of carbonyl (C=O) groups excluding carboxylic acids is 1. The molecule has 0 aliphatic heterocycles. The summed E-state index contributed by atoms with van der Waals surface area (Å²) in [6.45, 7) is 8.36. The van der Waals surface area contributed by atoms with Crippen LogP contribution in [0, 0.1) is 13.8 Å². The predicted molar refractivity (Wildman–Crippen MR) is 99.9 cm³/mol. The van der Waals surface area contributed by atoms with Crippen LogP contribution in [0.25, 0.3) is 0 Å². The van der Waals surface area contributed by atoms with Gasteiger partial charge < -0.3 is 19.7 Å². The summed E-state index contributed by atoms with van der Waals surface area (Å²) in [5.74, 6) is -0.554. The summed E-state index contributed by atoms with van der Waals surface area (Å²) in [6.07, 6.45) is 0.688. The maximum Gasteiger partial charge on any atom is 0.341 e. The van der Waals surface area contributed by atoms with Gasteiger partial charge in [-0.2, -0.15) is 0 Å². The lowest BCUT2D eigenvalue weighted by Gasteiger charge is -2.13. The van der Waals surface area contributed by atoms with Gasteiger partial charge in [0.25, 0.3) is 5.91 Å². The predicted octanol–water partition coefficient (Wildman–Crippen LogP) is 3.12. The largest absolute Gasteiger partial charge is 0.482 e. The van der Waals surface area contributed by atoms with Crippen molar-refractivity contribution in [3.63, 3.8) is 0 Å². The van der Waals surface area contributed by atoms with E-state index in [1.807, 2.05) is 32.0 Å². The molecule has 1 amide bonds. The average molecular weight is 358 g/mol. The molecule has 2 N–H and O–H groups in total. The van der Waals surface area contributed by atoms with E-state index in [1.165, 1.54) is 0 Å². The van der Waals surface area contributed by atoms with Crippen molar-refractivity contribution in [3.05, 3.63) is 52.8 Å². The van der Waals surface area contributed by atoms with Crippen molar-refractivity contribution in [1.82, 2.24) is 9.88 Å². The molecule has 0 spiro atoms. The first-order chi connectivity index (χ1) is 12.3. The van der Waals surface area contributed by atoms with Crippen LogP contribution >= 0.6 is 0 Å². The number of carbonyl (C=O) groups is 2. The molecule has 0 aliphatic carbocycles. The fourth-order valence-electron chi connectivity index (χ4n) is 3.11. The van der Waals surface area contributed by atoms with Gasteiger partial charge in [0.2, 0.25) is 0 Å². The Bertz CT molecular complexity index is 776. The molecule has 6 nitrogen and oxygen atoms in total. The first-order valence-corrected chi connectivity index (χ1v) is 8.69. The van der Waals surface area contributed by atoms with Crippen LogP contribution in [-0.4, -0.2) is 34.7 Å². The number of carboxylic acids is 1. The number of amides is 1. The summed E-state index contributed by atoms with van der Waals surface area (Å²) in [5, 5.41) is 11.6. The fraction of sp³-hybridized carbons (Fsp3) is 0.400. The van der Waals surface area contributed by atoms with E-state index < -0.39 is 5.97 Å². The first kappa shape index (κ1) is 19.6. The molecule has 0 aliphatic rings. The van der Waals surface area contributed by atoms with Crippen LogP contribution in [-0.2, 0) is 11.2 Å². The maximum absolute atomic E-state index is 12.4. The highest BCUT2D eigenvalue weighted by atomic mass is 16.5. The Morgan fingerprint density at radius 3 is 2.38 bits per heavy atom. The quantitative estimate of drug-likeness (QED) is 0.760. The van der Waals surface area contributed by atoms with Gasteiger partial charge in [0.05, 0.1) is 5.56 Å². The van der Waals surface area contributed by atoms with Crippen LogP contribution in [0.5, 0.6) is 5.75 Å². The highest BCUT2D eigenvalue weighted by molar-refractivity contribution is 5.95. The molecule has 0 bridgehead atoms. The van der Waals surface area contributed by atoms with E-state index in [9.17, 15) is 9.59 Å². The van der Waals surface area contributed by atoms with E-state index >= 15 is 0 Å². The van der Waals surface area contributed by atoms with Gasteiger partial charge in [-0.15, -0.1) is 0 Å². The summed E-state index contributed by atoms with van der Waals surface area (Å²) < 4.78 is 7.25. The molecule has 0 saturated heterocycles. The number of nitrogens with zero attached hydrogens (tertiary/aromatic N) is 1. The summed E-state index contributed by atoms with van der Waals surface area (Å²) in [7, 11) is 0. The molecule has 6 heteroatoms. The van der Waals surface area contributed by atoms with Crippen molar-refractivity contribution in [2.75, 3.05) is 13.2 Å². The molecule has 2 aromatic rings. The number of nitrogens with one attached hydrogen (secondary N) is 1. The van der Waals surface area contributed by atoms with E-state index in [2.05, 4.69) is 23.7 Å². The number of aryl methyl sites for hydroxylation is 1. The summed E-state index contributed by atoms with van der Waals surface area (Å²) in [4.78, 5) is 22.9. The zero-order chi connectivity index (χ0) is 19.3. The topological polar surface area (TPSA) is 80.6 Å². The van der Waals surface area contributed by atoms with E-state index in [4.69, 9.17) is 9.84 Å². The van der Waals surface area contributed by atoms with E-state index in [1.54, 1.807) is 12.1 Å². The molecule has 0 radical (unpaired) electrons. The molecule has 0 fully saturated rings. The Morgan fingerprint density at radius 1 is 1.19 bits per heavy atom. The average Bonchev–Trinajstić information content (AvgIpc) is 2.88. The van der Waals surface area contributed by atoms with Gasteiger partial charge in [0.1, 0.15) is 5.75 Å². The standard InChI is InChI=1S/C20H26N2O4/c1-13(2)22-14(3)11-18(15(22)4)20(25)21-10-9-16-5-7-17(8-6-16)26-12-19(23)24/h5-8,11,13H,9-10,12H2,1-4H3,(H,21,25)(H,23,24). The molecule has 0 unspecified atom stereocenters. The van der Waals surface area contributed by atoms with Crippen molar-refractivity contribution in [2.24, 2.45) is 0 Å². The van der Waals surface area contributed by atoms with Crippen molar-refractivity contribution >= 4 is 11.9 Å². The second-order valence-electron chi connectivity index (χ2n) is 6.58. The normalized spacial score (nSPS) is 10.8. The summed E-state index contributed by atoms with van der Waals surface area (Å²) in [6, 6.07) is 9.45. The number of aromatic nitrogens is 1. The Balaban J connectivity index is 1.89. The van der Waals surface area contributed by atoms with Crippen molar-refractivity contribution < 1.29 is 19.4 Å². The third kappa shape index (κ3) is 4.88. The Hall–Kier alpha value is -2.76. The van der Waals surface area contributed by atoms with Crippen molar-refractivity contribution in [1.29, 1.82) is 0 Å². The van der Waals surface area contributed by atoms with Crippen molar-refractivity contribution in [2.45, 2.75) is 40.2 Å². The van der Waals surface area contributed by atoms with Gasteiger partial charge >= 0.3 is 5.97 Å². The second-order valence-corrected chi connectivity index (χ2v) is 6.58. The minimum absolute atomic E-state index is 0.0635. The molecule has 140 valence electrons. The minimum Gasteiger partial charge on any atom is -0.482 e. The number of rotatable bonds is 8. The highest BCUT2D eigenvalue weighted by Gasteiger charge is 2.16. The molecular weight excluding hydrogens is 332 g/mol. The third-order valence-electron chi connectivity index (χ3n) is 4.23. The van der Waals surface area contributed by atoms with E-state index in [-0.39, 0.29) is 12.5 Å². The molecule has 0 atom stereocenters. The molecule has 26 heavy (non-hydrogen) atoms. The summed E-state index contributed by atoms with van der Waals surface area (Å²) >= 11 is 0. The van der Waals surface area contributed by atoms with Crippen LogP contribution in [0.1, 0.15) is 47.2 Å². The second kappa shape index (κ2) is 8.56. The molecule has 1 aromatic heterocycles. The Morgan fingerprint density at radius 2 is 1.85 bits per heavy atom. The lowest BCUT2D eigenvalue weighted by molar-refractivity contribution is -0.139. The molecule has 1 aromatic carbocycles. The number of benzene rings is 1. The van der Waals surface area contributed by atoms with Gasteiger partial charge in [-0.3, -0.25) is 4.79 Å². The molecule has 2 rings (SSSR count).